The van der Waals surface area contributed by atoms with Gasteiger partial charge in [-0.2, -0.15) is 0 Å². The minimum atomic E-state index is -0.204. The monoisotopic (exact) mass is 339 g/mol. The molecule has 0 amide bonds. The molecule has 0 spiro atoms. The summed E-state index contributed by atoms with van der Waals surface area (Å²) in [7, 11) is 0. The van der Waals surface area contributed by atoms with Crippen LogP contribution in [0.5, 0.6) is 0 Å². The molecular formula is C18H18ClN5. The number of anilines is 1. The van der Waals surface area contributed by atoms with Crippen LogP contribution in [0.15, 0.2) is 42.5 Å². The number of rotatable bonds is 3. The molecule has 0 aliphatic carbocycles. The first-order chi connectivity index (χ1) is 11.4. The smallest absolute Gasteiger partial charge is 0.230 e. The van der Waals surface area contributed by atoms with Crippen LogP contribution in [0.1, 0.15) is 25.3 Å². The number of hydrogen-bond acceptors (Lipinski definition) is 3. The lowest BCUT2D eigenvalue weighted by Crippen LogP contribution is -2.22. The maximum absolute atomic E-state index is 7.39. The van der Waals surface area contributed by atoms with Gasteiger partial charge in [0.2, 0.25) is 5.95 Å². The van der Waals surface area contributed by atoms with E-state index in [1.807, 2.05) is 24.3 Å². The highest BCUT2D eigenvalue weighted by Crippen LogP contribution is 2.30. The van der Waals surface area contributed by atoms with Crippen LogP contribution in [0.3, 0.4) is 0 Å². The summed E-state index contributed by atoms with van der Waals surface area (Å²) < 4.78 is 0. The largest absolute Gasteiger partial charge is 0.370 e. The van der Waals surface area contributed by atoms with Crippen molar-refractivity contribution in [2.45, 2.75) is 19.8 Å². The van der Waals surface area contributed by atoms with Crippen LogP contribution >= 0.6 is 11.6 Å². The molecule has 3 aromatic rings. The second-order valence-electron chi connectivity index (χ2n) is 5.87. The number of hydrogen-bond donors (Lipinski definition) is 3. The highest BCUT2D eigenvalue weighted by Gasteiger charge is 2.11. The third kappa shape index (κ3) is 3.31. The molecule has 0 saturated heterocycles. The maximum Gasteiger partial charge on any atom is 0.230 e. The lowest BCUT2D eigenvalue weighted by atomic mass is 9.99. The first-order valence-corrected chi connectivity index (χ1v) is 8.00. The van der Waals surface area contributed by atoms with E-state index in [1.54, 1.807) is 6.07 Å². The fourth-order valence-electron chi connectivity index (χ4n) is 2.52. The Morgan fingerprint density at radius 1 is 1.12 bits per heavy atom. The zero-order valence-electron chi connectivity index (χ0n) is 13.5. The standard InChI is InChI=1S/C18H18ClN5/c1-10(2)11-3-5-12(6-4-11)16-14-9-13(19)7-8-15(14)22-18(23-16)24-17(20)21/h3-10H,1-2H3,(H4,20,21,22,23,24). The quantitative estimate of drug-likeness (QED) is 0.488. The lowest BCUT2D eigenvalue weighted by molar-refractivity contribution is 0.867. The summed E-state index contributed by atoms with van der Waals surface area (Å²) in [4.78, 5) is 8.91. The number of halogens is 1. The molecule has 3 rings (SSSR count). The predicted molar refractivity (Wildman–Crippen MR) is 99.6 cm³/mol. The van der Waals surface area contributed by atoms with E-state index in [0.29, 0.717) is 16.9 Å². The molecule has 2 aromatic carbocycles. The number of nitrogens with zero attached hydrogens (tertiary/aromatic N) is 2. The van der Waals surface area contributed by atoms with Gasteiger partial charge >= 0.3 is 0 Å². The Bertz CT molecular complexity index is 903. The third-order valence-corrected chi connectivity index (χ3v) is 3.99. The van der Waals surface area contributed by atoms with Crippen LogP contribution in [0, 0.1) is 5.41 Å². The number of fused-ring (bicyclic) bond motifs is 1. The molecule has 5 nitrogen and oxygen atoms in total. The Labute approximate surface area is 145 Å². The lowest BCUT2D eigenvalue weighted by Gasteiger charge is -2.11. The first-order valence-electron chi connectivity index (χ1n) is 7.62. The highest BCUT2D eigenvalue weighted by atomic mass is 35.5. The van der Waals surface area contributed by atoms with Crippen molar-refractivity contribution in [1.82, 2.24) is 9.97 Å². The summed E-state index contributed by atoms with van der Waals surface area (Å²) in [6, 6.07) is 13.7. The van der Waals surface area contributed by atoms with Crippen molar-refractivity contribution in [3.05, 3.63) is 53.1 Å². The zero-order valence-corrected chi connectivity index (χ0v) is 14.2. The number of nitrogens with one attached hydrogen (secondary N) is 2. The summed E-state index contributed by atoms with van der Waals surface area (Å²) in [6.07, 6.45) is 0. The van der Waals surface area contributed by atoms with E-state index in [-0.39, 0.29) is 5.96 Å². The van der Waals surface area contributed by atoms with Crippen LogP contribution in [0.2, 0.25) is 5.02 Å². The van der Waals surface area contributed by atoms with E-state index >= 15 is 0 Å². The van der Waals surface area contributed by atoms with Gasteiger partial charge in [-0.25, -0.2) is 9.97 Å². The zero-order chi connectivity index (χ0) is 17.3. The van der Waals surface area contributed by atoms with Gasteiger partial charge in [-0.3, -0.25) is 10.7 Å². The van der Waals surface area contributed by atoms with Crippen LogP contribution < -0.4 is 11.1 Å². The topological polar surface area (TPSA) is 87.7 Å². The first kappa shape index (κ1) is 16.2. The van der Waals surface area contributed by atoms with Gasteiger partial charge in [0.1, 0.15) is 0 Å². The number of nitrogens with two attached hydrogens (primary N) is 1. The molecule has 0 aliphatic heterocycles. The van der Waals surface area contributed by atoms with Gasteiger partial charge < -0.3 is 5.73 Å². The molecule has 0 atom stereocenters. The molecule has 4 N–H and O–H groups in total. The van der Waals surface area contributed by atoms with Crippen LogP contribution in [-0.2, 0) is 0 Å². The van der Waals surface area contributed by atoms with Crippen molar-refractivity contribution >= 4 is 34.4 Å². The summed E-state index contributed by atoms with van der Waals surface area (Å²) in [5.74, 6) is 0.551. The molecule has 0 aliphatic rings. The molecule has 0 unspecified atom stereocenters. The predicted octanol–water partition coefficient (Wildman–Crippen LogP) is 4.38. The minimum Gasteiger partial charge on any atom is -0.370 e. The molecule has 0 saturated carbocycles. The van der Waals surface area contributed by atoms with Crippen LogP contribution in [0.25, 0.3) is 22.2 Å². The third-order valence-electron chi connectivity index (χ3n) is 3.76. The van der Waals surface area contributed by atoms with E-state index in [1.165, 1.54) is 5.56 Å². The summed E-state index contributed by atoms with van der Waals surface area (Å²) in [6.45, 7) is 4.31. The summed E-state index contributed by atoms with van der Waals surface area (Å²) in [5.41, 5.74) is 9.11. The second kappa shape index (κ2) is 6.45. The Hall–Kier alpha value is -2.66. The van der Waals surface area contributed by atoms with Crippen molar-refractivity contribution < 1.29 is 0 Å². The average Bonchev–Trinajstić information content (AvgIpc) is 2.54. The number of aromatic nitrogens is 2. The normalized spacial score (nSPS) is 11.0. The number of guanidine groups is 1. The fourth-order valence-corrected chi connectivity index (χ4v) is 2.70. The van der Waals surface area contributed by atoms with Gasteiger partial charge in [-0.15, -0.1) is 0 Å². The molecule has 0 fully saturated rings. The minimum absolute atomic E-state index is 0.204. The van der Waals surface area contributed by atoms with E-state index < -0.39 is 0 Å². The van der Waals surface area contributed by atoms with E-state index in [9.17, 15) is 0 Å². The highest BCUT2D eigenvalue weighted by molar-refractivity contribution is 6.31. The van der Waals surface area contributed by atoms with Gasteiger partial charge in [0.15, 0.2) is 5.96 Å². The molecule has 24 heavy (non-hydrogen) atoms. The molecule has 0 bridgehead atoms. The van der Waals surface area contributed by atoms with E-state index in [0.717, 1.165) is 22.2 Å². The second-order valence-corrected chi connectivity index (χ2v) is 6.31. The SMILES string of the molecule is CC(C)c1ccc(-c2nc(NC(=N)N)nc3ccc(Cl)cc23)cc1. The van der Waals surface area contributed by atoms with Gasteiger partial charge in [0.05, 0.1) is 11.2 Å². The Morgan fingerprint density at radius 2 is 1.83 bits per heavy atom. The van der Waals surface area contributed by atoms with Gasteiger partial charge in [-0.1, -0.05) is 49.7 Å². The van der Waals surface area contributed by atoms with Gasteiger partial charge in [0.25, 0.3) is 0 Å². The van der Waals surface area contributed by atoms with E-state index in [2.05, 4.69) is 41.3 Å². The molecule has 122 valence electrons. The Balaban J connectivity index is 2.19. The van der Waals surface area contributed by atoms with Gasteiger partial charge in [0, 0.05) is 16.0 Å². The summed E-state index contributed by atoms with van der Waals surface area (Å²) >= 11 is 6.14. The average molecular weight is 340 g/mol. The van der Waals surface area contributed by atoms with Gasteiger partial charge in [-0.05, 0) is 29.7 Å². The van der Waals surface area contributed by atoms with Crippen molar-refractivity contribution in [3.63, 3.8) is 0 Å². The van der Waals surface area contributed by atoms with Crippen LogP contribution in [-0.4, -0.2) is 15.9 Å². The molecule has 1 heterocycles. The Kier molecular flexibility index (Phi) is 4.36. The fraction of sp³-hybridized carbons (Fsp3) is 0.167. The van der Waals surface area contributed by atoms with Crippen molar-refractivity contribution in [3.8, 4) is 11.3 Å². The van der Waals surface area contributed by atoms with Crippen molar-refractivity contribution in [2.24, 2.45) is 5.73 Å². The van der Waals surface area contributed by atoms with E-state index in [4.69, 9.17) is 22.7 Å². The molecular weight excluding hydrogens is 322 g/mol. The van der Waals surface area contributed by atoms with Crippen LogP contribution in [0.4, 0.5) is 5.95 Å². The number of benzene rings is 2. The Morgan fingerprint density at radius 3 is 2.46 bits per heavy atom. The summed E-state index contributed by atoms with van der Waals surface area (Å²) in [5, 5.41) is 11.5. The maximum atomic E-state index is 7.39. The van der Waals surface area contributed by atoms with Crippen molar-refractivity contribution in [1.29, 1.82) is 5.41 Å². The molecule has 0 radical (unpaired) electrons. The molecule has 6 heteroatoms. The molecule has 1 aromatic heterocycles. The van der Waals surface area contributed by atoms with Crippen molar-refractivity contribution in [2.75, 3.05) is 5.32 Å².